The molecule has 2 atom stereocenters. The number of hydrogen-bond donors (Lipinski definition) is 3. The van der Waals surface area contributed by atoms with Crippen molar-refractivity contribution in [1.29, 1.82) is 0 Å². The van der Waals surface area contributed by atoms with Crippen LogP contribution in [0.25, 0.3) is 0 Å². The molecule has 1 amide bonds. The first-order valence-electron chi connectivity index (χ1n) is 8.48. The molecule has 0 aromatic heterocycles. The summed E-state index contributed by atoms with van der Waals surface area (Å²) in [6, 6.07) is 5.52. The summed E-state index contributed by atoms with van der Waals surface area (Å²) in [5, 5.41) is 11.5. The number of aryl methyl sites for hydroxylation is 1. The summed E-state index contributed by atoms with van der Waals surface area (Å²) in [6.45, 7) is 6.26. The molecule has 0 bridgehead atoms. The number of amides is 1. The number of nitrogens with one attached hydrogen (secondary N) is 1. The minimum Gasteiger partial charge on any atom is -0.460 e. The highest BCUT2D eigenvalue weighted by molar-refractivity contribution is 5.94. The Labute approximate surface area is 153 Å². The Bertz CT molecular complexity index is 634. The number of esters is 1. The standard InChI is InChI=1S/C19H28N2O5/c1-12-5-7-13(8-6-12)9-14(20)18(25)21-15(16(23)11-22)10-17(24)26-19(2,3)4/h5-8,14-15,22H,9-11,20H2,1-4H3,(H,21,25)/t14-,15+/m1/s1. The lowest BCUT2D eigenvalue weighted by Gasteiger charge is -2.23. The van der Waals surface area contributed by atoms with Crippen molar-refractivity contribution in [3.05, 3.63) is 35.4 Å². The van der Waals surface area contributed by atoms with Crippen LogP contribution in [0.15, 0.2) is 24.3 Å². The summed E-state index contributed by atoms with van der Waals surface area (Å²) < 4.78 is 5.16. The molecule has 0 radical (unpaired) electrons. The molecule has 0 aliphatic carbocycles. The van der Waals surface area contributed by atoms with E-state index in [0.29, 0.717) is 6.42 Å². The van der Waals surface area contributed by atoms with Crippen LogP contribution in [0.3, 0.4) is 0 Å². The van der Waals surface area contributed by atoms with E-state index in [9.17, 15) is 14.4 Å². The van der Waals surface area contributed by atoms with Crippen molar-refractivity contribution < 1.29 is 24.2 Å². The third-order valence-corrected chi connectivity index (χ3v) is 3.56. The molecule has 0 heterocycles. The highest BCUT2D eigenvalue weighted by Crippen LogP contribution is 2.10. The van der Waals surface area contributed by atoms with Crippen LogP contribution in [0.4, 0.5) is 0 Å². The number of aliphatic hydroxyl groups is 1. The number of benzene rings is 1. The fourth-order valence-corrected chi connectivity index (χ4v) is 2.25. The second-order valence-corrected chi connectivity index (χ2v) is 7.27. The average molecular weight is 364 g/mol. The van der Waals surface area contributed by atoms with Crippen LogP contribution in [0.1, 0.15) is 38.3 Å². The summed E-state index contributed by atoms with van der Waals surface area (Å²) in [6.07, 6.45) is -0.0712. The molecule has 26 heavy (non-hydrogen) atoms. The Morgan fingerprint density at radius 1 is 1.19 bits per heavy atom. The van der Waals surface area contributed by atoms with Gasteiger partial charge in [-0.1, -0.05) is 29.8 Å². The van der Waals surface area contributed by atoms with E-state index in [2.05, 4.69) is 5.32 Å². The monoisotopic (exact) mass is 364 g/mol. The van der Waals surface area contributed by atoms with Gasteiger partial charge in [-0.25, -0.2) is 0 Å². The van der Waals surface area contributed by atoms with Gasteiger partial charge < -0.3 is 20.9 Å². The van der Waals surface area contributed by atoms with E-state index >= 15 is 0 Å². The molecular weight excluding hydrogens is 336 g/mol. The minimum absolute atomic E-state index is 0.290. The second-order valence-electron chi connectivity index (χ2n) is 7.27. The van der Waals surface area contributed by atoms with E-state index in [4.69, 9.17) is 15.6 Å². The number of hydrogen-bond acceptors (Lipinski definition) is 6. The molecule has 144 valence electrons. The van der Waals surface area contributed by atoms with Crippen LogP contribution in [0.5, 0.6) is 0 Å². The minimum atomic E-state index is -1.17. The lowest BCUT2D eigenvalue weighted by molar-refractivity contribution is -0.156. The largest absolute Gasteiger partial charge is 0.460 e. The lowest BCUT2D eigenvalue weighted by Crippen LogP contribution is -2.50. The third-order valence-electron chi connectivity index (χ3n) is 3.56. The van der Waals surface area contributed by atoms with Gasteiger partial charge in [0.25, 0.3) is 0 Å². The predicted molar refractivity (Wildman–Crippen MR) is 97.3 cm³/mol. The first kappa shape index (κ1) is 21.8. The van der Waals surface area contributed by atoms with Crippen molar-refractivity contribution in [2.24, 2.45) is 5.73 Å². The summed E-state index contributed by atoms with van der Waals surface area (Å²) in [5.41, 5.74) is 7.17. The normalized spacial score (nSPS) is 13.6. The van der Waals surface area contributed by atoms with Gasteiger partial charge in [0.1, 0.15) is 18.2 Å². The van der Waals surface area contributed by atoms with Crippen molar-refractivity contribution in [3.63, 3.8) is 0 Å². The van der Waals surface area contributed by atoms with Gasteiger partial charge in [0.15, 0.2) is 5.78 Å². The number of carbonyl (C=O) groups excluding carboxylic acids is 3. The predicted octanol–water partition coefficient (Wildman–Crippen LogP) is 0.643. The van der Waals surface area contributed by atoms with Crippen LogP contribution < -0.4 is 11.1 Å². The molecule has 0 aliphatic rings. The molecule has 1 aromatic carbocycles. The molecule has 4 N–H and O–H groups in total. The van der Waals surface area contributed by atoms with E-state index in [0.717, 1.165) is 11.1 Å². The van der Waals surface area contributed by atoms with Crippen LogP contribution in [-0.4, -0.2) is 47.1 Å². The molecule has 1 rings (SSSR count). The Hall–Kier alpha value is -2.25. The van der Waals surface area contributed by atoms with Gasteiger partial charge in [-0.2, -0.15) is 0 Å². The molecule has 0 fully saturated rings. The van der Waals surface area contributed by atoms with Gasteiger partial charge in [0, 0.05) is 0 Å². The van der Waals surface area contributed by atoms with Crippen molar-refractivity contribution in [3.8, 4) is 0 Å². The summed E-state index contributed by atoms with van der Waals surface area (Å²) in [5.74, 6) is -1.88. The Morgan fingerprint density at radius 2 is 1.77 bits per heavy atom. The zero-order valence-electron chi connectivity index (χ0n) is 15.7. The Balaban J connectivity index is 2.70. The first-order chi connectivity index (χ1) is 12.0. The Morgan fingerprint density at radius 3 is 2.27 bits per heavy atom. The number of Topliss-reactive ketones (excluding diaryl/α,β-unsaturated/α-hetero) is 1. The summed E-state index contributed by atoms with van der Waals surface area (Å²) in [7, 11) is 0. The van der Waals surface area contributed by atoms with E-state index in [1.54, 1.807) is 20.8 Å². The number of aliphatic hydroxyl groups excluding tert-OH is 1. The topological polar surface area (TPSA) is 119 Å². The van der Waals surface area contributed by atoms with Crippen LogP contribution in [-0.2, 0) is 25.5 Å². The van der Waals surface area contributed by atoms with Gasteiger partial charge in [-0.15, -0.1) is 0 Å². The van der Waals surface area contributed by atoms with Gasteiger partial charge in [-0.3, -0.25) is 14.4 Å². The molecule has 0 saturated carbocycles. The van der Waals surface area contributed by atoms with Gasteiger partial charge >= 0.3 is 5.97 Å². The maximum Gasteiger partial charge on any atom is 0.308 e. The highest BCUT2D eigenvalue weighted by Gasteiger charge is 2.28. The fourth-order valence-electron chi connectivity index (χ4n) is 2.25. The number of ether oxygens (including phenoxy) is 1. The zero-order chi connectivity index (χ0) is 19.9. The van der Waals surface area contributed by atoms with E-state index in [-0.39, 0.29) is 6.42 Å². The molecule has 7 heteroatoms. The molecule has 0 saturated heterocycles. The fraction of sp³-hybridized carbons (Fsp3) is 0.526. The molecule has 7 nitrogen and oxygen atoms in total. The second kappa shape index (κ2) is 9.45. The summed E-state index contributed by atoms with van der Waals surface area (Å²) in [4.78, 5) is 36.1. The molecule has 0 aliphatic heterocycles. The van der Waals surface area contributed by atoms with Crippen molar-refractivity contribution in [2.45, 2.75) is 58.2 Å². The van der Waals surface area contributed by atoms with Crippen molar-refractivity contribution in [1.82, 2.24) is 5.32 Å². The van der Waals surface area contributed by atoms with Gasteiger partial charge in [0.2, 0.25) is 5.91 Å². The SMILES string of the molecule is Cc1ccc(C[C@@H](N)C(=O)N[C@@H](CC(=O)OC(C)(C)C)C(=O)CO)cc1. The molecular formula is C19H28N2O5. The van der Waals surface area contributed by atoms with Crippen molar-refractivity contribution in [2.75, 3.05) is 6.61 Å². The number of ketones is 1. The molecule has 0 spiro atoms. The maximum absolute atomic E-state index is 12.3. The van der Waals surface area contributed by atoms with Crippen LogP contribution >= 0.6 is 0 Å². The summed E-state index contributed by atoms with van der Waals surface area (Å²) >= 11 is 0. The molecule has 0 unspecified atom stereocenters. The van der Waals surface area contributed by atoms with Gasteiger partial charge in [0.05, 0.1) is 12.5 Å². The third kappa shape index (κ3) is 7.76. The van der Waals surface area contributed by atoms with Crippen LogP contribution in [0.2, 0.25) is 0 Å². The first-order valence-corrected chi connectivity index (χ1v) is 8.48. The average Bonchev–Trinajstić information content (AvgIpc) is 2.53. The lowest BCUT2D eigenvalue weighted by atomic mass is 10.0. The van der Waals surface area contributed by atoms with E-state index in [1.165, 1.54) is 0 Å². The van der Waals surface area contributed by atoms with E-state index in [1.807, 2.05) is 31.2 Å². The van der Waals surface area contributed by atoms with Crippen LogP contribution in [0, 0.1) is 6.92 Å². The smallest absolute Gasteiger partial charge is 0.308 e. The quantitative estimate of drug-likeness (QED) is 0.583. The number of carbonyl (C=O) groups is 3. The van der Waals surface area contributed by atoms with E-state index < -0.39 is 42.0 Å². The number of rotatable bonds is 8. The van der Waals surface area contributed by atoms with Crippen molar-refractivity contribution >= 4 is 17.7 Å². The molecule has 1 aromatic rings. The highest BCUT2D eigenvalue weighted by atomic mass is 16.6. The zero-order valence-corrected chi connectivity index (χ0v) is 15.7. The van der Waals surface area contributed by atoms with Gasteiger partial charge in [-0.05, 0) is 39.7 Å². The Kier molecular flexibility index (Phi) is 7.92. The number of nitrogens with two attached hydrogens (primary N) is 1. The maximum atomic E-state index is 12.3.